The van der Waals surface area contributed by atoms with Gasteiger partial charge in [-0.05, 0) is 23.5 Å². The lowest BCUT2D eigenvalue weighted by Crippen LogP contribution is -2.06. The number of hydrogen-bond donors (Lipinski definition) is 0. The molecule has 0 spiro atoms. The molecular weight excluding hydrogens is 210 g/mol. The first-order chi connectivity index (χ1) is 7.00. The summed E-state index contributed by atoms with van der Waals surface area (Å²) < 4.78 is 5.49. The van der Waals surface area contributed by atoms with Gasteiger partial charge in [0, 0.05) is 6.20 Å². The Hall–Kier alpha value is -0.760. The summed E-state index contributed by atoms with van der Waals surface area (Å²) in [5.41, 5.74) is 1.14. The molecule has 3 heteroatoms. The number of hydrogen-bond acceptors (Lipinski definition) is 2. The molecule has 0 aliphatic rings. The Bertz CT molecular complexity index is 323. The molecule has 0 aromatic carbocycles. The number of ether oxygens (including phenoxy) is 1. The smallest absolute Gasteiger partial charge is 0.232 e. The van der Waals surface area contributed by atoms with Gasteiger partial charge in [0.1, 0.15) is 5.02 Å². The molecule has 0 aliphatic carbocycles. The largest absolute Gasteiger partial charge is 0.476 e. The number of halogens is 1. The van der Waals surface area contributed by atoms with Crippen molar-refractivity contribution >= 4 is 11.6 Å². The summed E-state index contributed by atoms with van der Waals surface area (Å²) >= 11 is 6.07. The van der Waals surface area contributed by atoms with Crippen LogP contribution in [0.1, 0.15) is 39.2 Å². The number of nitrogens with zero attached hydrogens (tertiary/aromatic N) is 1. The van der Waals surface area contributed by atoms with E-state index in [1.54, 1.807) is 0 Å². The van der Waals surface area contributed by atoms with Gasteiger partial charge in [0.05, 0.1) is 6.61 Å². The molecule has 0 amide bonds. The summed E-state index contributed by atoms with van der Waals surface area (Å²) in [5.74, 6) is 1.46. The van der Waals surface area contributed by atoms with Crippen LogP contribution in [0, 0.1) is 5.92 Å². The maximum Gasteiger partial charge on any atom is 0.232 e. The molecule has 15 heavy (non-hydrogen) atoms. The molecule has 84 valence electrons. The minimum Gasteiger partial charge on any atom is -0.476 e. The zero-order valence-electron chi connectivity index (χ0n) is 9.75. The van der Waals surface area contributed by atoms with Gasteiger partial charge >= 0.3 is 0 Å². The monoisotopic (exact) mass is 227 g/mol. The standard InChI is InChI=1S/C12H18ClNO/c1-8(2)7-15-12-11(13)5-10(6-14-12)9(3)4/h5-6,8-9H,7H2,1-4H3. The highest BCUT2D eigenvalue weighted by atomic mass is 35.5. The SMILES string of the molecule is CC(C)COc1ncc(C(C)C)cc1Cl. The van der Waals surface area contributed by atoms with Crippen LogP contribution >= 0.6 is 11.6 Å². The van der Waals surface area contributed by atoms with E-state index in [0.717, 1.165) is 5.56 Å². The Kier molecular flexibility index (Phi) is 4.40. The van der Waals surface area contributed by atoms with Crippen molar-refractivity contribution in [3.8, 4) is 5.88 Å². The normalized spacial score (nSPS) is 11.1. The van der Waals surface area contributed by atoms with Crippen LogP contribution < -0.4 is 4.74 Å². The van der Waals surface area contributed by atoms with Gasteiger partial charge in [-0.25, -0.2) is 4.98 Å². The Balaban J connectivity index is 2.75. The molecule has 1 aromatic rings. The van der Waals surface area contributed by atoms with E-state index in [4.69, 9.17) is 16.3 Å². The van der Waals surface area contributed by atoms with Gasteiger partial charge in [-0.15, -0.1) is 0 Å². The van der Waals surface area contributed by atoms with Gasteiger partial charge in [0.2, 0.25) is 5.88 Å². The maximum atomic E-state index is 6.07. The van der Waals surface area contributed by atoms with Crippen molar-refractivity contribution in [3.63, 3.8) is 0 Å². The molecule has 1 heterocycles. The fourth-order valence-corrected chi connectivity index (χ4v) is 1.34. The van der Waals surface area contributed by atoms with Crippen molar-refractivity contribution in [3.05, 3.63) is 22.8 Å². The van der Waals surface area contributed by atoms with Crippen LogP contribution in [-0.4, -0.2) is 11.6 Å². The molecule has 0 saturated carbocycles. The first-order valence-corrected chi connectivity index (χ1v) is 5.66. The van der Waals surface area contributed by atoms with E-state index in [2.05, 4.69) is 32.7 Å². The second-order valence-electron chi connectivity index (χ2n) is 4.42. The van der Waals surface area contributed by atoms with Crippen molar-refractivity contribution < 1.29 is 4.74 Å². The molecule has 0 unspecified atom stereocenters. The van der Waals surface area contributed by atoms with E-state index < -0.39 is 0 Å². The highest BCUT2D eigenvalue weighted by Gasteiger charge is 2.07. The van der Waals surface area contributed by atoms with Gasteiger partial charge in [-0.2, -0.15) is 0 Å². The lowest BCUT2D eigenvalue weighted by Gasteiger charge is -2.11. The molecule has 0 bridgehead atoms. The van der Waals surface area contributed by atoms with Crippen LogP contribution in [-0.2, 0) is 0 Å². The molecule has 0 saturated heterocycles. The summed E-state index contributed by atoms with van der Waals surface area (Å²) in [5, 5.41) is 0.599. The summed E-state index contributed by atoms with van der Waals surface area (Å²) in [4.78, 5) is 4.22. The fourth-order valence-electron chi connectivity index (χ4n) is 1.11. The third-order valence-corrected chi connectivity index (χ3v) is 2.32. The summed E-state index contributed by atoms with van der Waals surface area (Å²) in [6.45, 7) is 9.06. The number of pyridine rings is 1. The van der Waals surface area contributed by atoms with E-state index in [0.29, 0.717) is 29.3 Å². The van der Waals surface area contributed by atoms with Crippen LogP contribution in [0.15, 0.2) is 12.3 Å². The second-order valence-corrected chi connectivity index (χ2v) is 4.82. The predicted octanol–water partition coefficient (Wildman–Crippen LogP) is 3.89. The van der Waals surface area contributed by atoms with E-state index in [1.165, 1.54) is 0 Å². The lowest BCUT2D eigenvalue weighted by molar-refractivity contribution is 0.261. The second kappa shape index (κ2) is 5.36. The van der Waals surface area contributed by atoms with Gasteiger partial charge in [-0.3, -0.25) is 0 Å². The molecule has 0 radical (unpaired) electrons. The molecule has 0 atom stereocenters. The van der Waals surface area contributed by atoms with Crippen LogP contribution in [0.5, 0.6) is 5.88 Å². The van der Waals surface area contributed by atoms with Crippen LogP contribution in [0.2, 0.25) is 5.02 Å². The minimum absolute atomic E-state index is 0.439. The van der Waals surface area contributed by atoms with Gasteiger partial charge in [0.15, 0.2) is 0 Å². The van der Waals surface area contributed by atoms with E-state index in [9.17, 15) is 0 Å². The first kappa shape index (κ1) is 12.3. The zero-order chi connectivity index (χ0) is 11.4. The van der Waals surface area contributed by atoms with Gasteiger partial charge in [-0.1, -0.05) is 39.3 Å². The molecule has 0 N–H and O–H groups in total. The molecule has 1 rings (SSSR count). The number of aromatic nitrogens is 1. The van der Waals surface area contributed by atoms with Crippen LogP contribution in [0.3, 0.4) is 0 Å². The number of rotatable bonds is 4. The van der Waals surface area contributed by atoms with Crippen molar-refractivity contribution in [2.45, 2.75) is 33.6 Å². The summed E-state index contributed by atoms with van der Waals surface area (Å²) in [6, 6.07) is 1.93. The zero-order valence-corrected chi connectivity index (χ0v) is 10.5. The Labute approximate surface area is 96.6 Å². The average molecular weight is 228 g/mol. The lowest BCUT2D eigenvalue weighted by atomic mass is 10.1. The molecule has 1 aromatic heterocycles. The quantitative estimate of drug-likeness (QED) is 0.779. The van der Waals surface area contributed by atoms with Crippen LogP contribution in [0.4, 0.5) is 0 Å². The predicted molar refractivity (Wildman–Crippen MR) is 63.7 cm³/mol. The Morgan fingerprint density at radius 1 is 1.33 bits per heavy atom. The third kappa shape index (κ3) is 3.71. The topological polar surface area (TPSA) is 22.1 Å². The molecule has 0 aliphatic heterocycles. The molecule has 2 nitrogen and oxygen atoms in total. The van der Waals surface area contributed by atoms with E-state index in [-0.39, 0.29) is 0 Å². The summed E-state index contributed by atoms with van der Waals surface area (Å²) in [6.07, 6.45) is 1.83. The van der Waals surface area contributed by atoms with Crippen molar-refractivity contribution in [1.82, 2.24) is 4.98 Å². The maximum absolute atomic E-state index is 6.07. The minimum atomic E-state index is 0.439. The van der Waals surface area contributed by atoms with Crippen molar-refractivity contribution in [1.29, 1.82) is 0 Å². The fraction of sp³-hybridized carbons (Fsp3) is 0.583. The average Bonchev–Trinajstić information content (AvgIpc) is 2.15. The Morgan fingerprint density at radius 3 is 2.47 bits per heavy atom. The van der Waals surface area contributed by atoms with Crippen molar-refractivity contribution in [2.24, 2.45) is 5.92 Å². The molecule has 0 fully saturated rings. The highest BCUT2D eigenvalue weighted by molar-refractivity contribution is 6.31. The van der Waals surface area contributed by atoms with E-state index >= 15 is 0 Å². The Morgan fingerprint density at radius 2 is 2.00 bits per heavy atom. The summed E-state index contributed by atoms with van der Waals surface area (Å²) in [7, 11) is 0. The van der Waals surface area contributed by atoms with E-state index in [1.807, 2.05) is 12.3 Å². The highest BCUT2D eigenvalue weighted by Crippen LogP contribution is 2.25. The first-order valence-electron chi connectivity index (χ1n) is 5.29. The van der Waals surface area contributed by atoms with Gasteiger partial charge < -0.3 is 4.74 Å². The van der Waals surface area contributed by atoms with Crippen molar-refractivity contribution in [2.75, 3.05) is 6.61 Å². The molecular formula is C12H18ClNO. The third-order valence-electron chi connectivity index (χ3n) is 2.05. The van der Waals surface area contributed by atoms with Gasteiger partial charge in [0.25, 0.3) is 0 Å². The van der Waals surface area contributed by atoms with Crippen LogP contribution in [0.25, 0.3) is 0 Å².